The maximum atomic E-state index is 13.1. The molecule has 1 aliphatic carbocycles. The van der Waals surface area contributed by atoms with Crippen molar-refractivity contribution in [2.24, 2.45) is 0 Å². The molecule has 0 saturated heterocycles. The third-order valence-electron chi connectivity index (χ3n) is 5.38. The first kappa shape index (κ1) is 21.2. The minimum absolute atomic E-state index is 0.182. The number of rotatable bonds is 4. The molecule has 1 saturated carbocycles. The van der Waals surface area contributed by atoms with Gasteiger partial charge in [-0.05, 0) is 50.1 Å². The number of halogens is 3. The van der Waals surface area contributed by atoms with Gasteiger partial charge in [-0.25, -0.2) is 9.97 Å². The van der Waals surface area contributed by atoms with Crippen LogP contribution in [0.5, 0.6) is 0 Å². The molecular formula is C22H21Cl3N4O. The first-order valence-electron chi connectivity index (χ1n) is 9.91. The van der Waals surface area contributed by atoms with Gasteiger partial charge in [0.1, 0.15) is 17.3 Å². The first-order valence-corrected chi connectivity index (χ1v) is 11.0. The van der Waals surface area contributed by atoms with Gasteiger partial charge in [0.25, 0.3) is 5.91 Å². The third kappa shape index (κ3) is 4.34. The molecule has 0 aliphatic heterocycles. The molecule has 8 heteroatoms. The van der Waals surface area contributed by atoms with Gasteiger partial charge in [0.15, 0.2) is 0 Å². The second kappa shape index (κ2) is 8.96. The van der Waals surface area contributed by atoms with Gasteiger partial charge in [-0.15, -0.1) is 0 Å². The lowest BCUT2D eigenvalue weighted by atomic mass is 9.95. The van der Waals surface area contributed by atoms with Crippen LogP contribution in [0.25, 0.3) is 17.2 Å². The summed E-state index contributed by atoms with van der Waals surface area (Å²) in [7, 11) is 0. The van der Waals surface area contributed by atoms with Crippen molar-refractivity contribution in [1.29, 1.82) is 0 Å². The zero-order valence-corrected chi connectivity index (χ0v) is 18.7. The zero-order chi connectivity index (χ0) is 21.3. The molecule has 1 aromatic carbocycles. The summed E-state index contributed by atoms with van der Waals surface area (Å²) in [6, 6.07) is 8.91. The van der Waals surface area contributed by atoms with Gasteiger partial charge in [0.05, 0.1) is 15.7 Å². The highest BCUT2D eigenvalue weighted by Crippen LogP contribution is 2.33. The Kier molecular flexibility index (Phi) is 6.32. The Labute approximate surface area is 190 Å². The SMILES string of the molecule is Cc1c(C(=O)NC2CCCCC2)nc(-c2ccc(Cl)cc2Cl)n1-c1ccc(Cl)cn1. The Morgan fingerprint density at radius 2 is 1.80 bits per heavy atom. The van der Waals surface area contributed by atoms with E-state index in [0.29, 0.717) is 43.7 Å². The van der Waals surface area contributed by atoms with Crippen LogP contribution in [0.4, 0.5) is 0 Å². The van der Waals surface area contributed by atoms with E-state index < -0.39 is 0 Å². The minimum Gasteiger partial charge on any atom is -0.348 e. The van der Waals surface area contributed by atoms with E-state index in [1.165, 1.54) is 6.42 Å². The van der Waals surface area contributed by atoms with E-state index in [9.17, 15) is 4.79 Å². The lowest BCUT2D eigenvalue weighted by molar-refractivity contribution is 0.0922. The summed E-state index contributed by atoms with van der Waals surface area (Å²) in [5.74, 6) is 0.943. The van der Waals surface area contributed by atoms with Crippen molar-refractivity contribution in [3.8, 4) is 17.2 Å². The first-order chi connectivity index (χ1) is 14.4. The summed E-state index contributed by atoms with van der Waals surface area (Å²) in [4.78, 5) is 22.2. The molecule has 156 valence electrons. The summed E-state index contributed by atoms with van der Waals surface area (Å²) in [6.45, 7) is 1.85. The second-order valence-electron chi connectivity index (χ2n) is 7.47. The predicted molar refractivity (Wildman–Crippen MR) is 121 cm³/mol. The molecule has 1 fully saturated rings. The molecular weight excluding hydrogens is 443 g/mol. The van der Waals surface area contributed by atoms with Crippen LogP contribution in [0.15, 0.2) is 36.5 Å². The van der Waals surface area contributed by atoms with Crippen molar-refractivity contribution in [2.45, 2.75) is 45.1 Å². The fraction of sp³-hybridized carbons (Fsp3) is 0.318. The Morgan fingerprint density at radius 1 is 1.07 bits per heavy atom. The highest BCUT2D eigenvalue weighted by molar-refractivity contribution is 6.36. The third-order valence-corrected chi connectivity index (χ3v) is 6.15. The summed E-state index contributed by atoms with van der Waals surface area (Å²) < 4.78 is 1.82. The molecule has 2 aromatic heterocycles. The smallest absolute Gasteiger partial charge is 0.272 e. The molecule has 2 heterocycles. The van der Waals surface area contributed by atoms with Crippen LogP contribution in [-0.2, 0) is 0 Å². The van der Waals surface area contributed by atoms with Crippen molar-refractivity contribution < 1.29 is 4.79 Å². The van der Waals surface area contributed by atoms with Crippen molar-refractivity contribution >= 4 is 40.7 Å². The maximum Gasteiger partial charge on any atom is 0.272 e. The van der Waals surface area contributed by atoms with Crippen molar-refractivity contribution in [2.75, 3.05) is 0 Å². The highest BCUT2D eigenvalue weighted by Gasteiger charge is 2.25. The van der Waals surface area contributed by atoms with E-state index in [2.05, 4.69) is 15.3 Å². The van der Waals surface area contributed by atoms with Crippen molar-refractivity contribution in [1.82, 2.24) is 19.9 Å². The lowest BCUT2D eigenvalue weighted by Crippen LogP contribution is -2.36. The number of imidazole rings is 1. The van der Waals surface area contributed by atoms with Gasteiger partial charge in [-0.2, -0.15) is 0 Å². The van der Waals surface area contributed by atoms with E-state index in [1.807, 2.05) is 11.5 Å². The molecule has 4 rings (SSSR count). The van der Waals surface area contributed by atoms with Crippen LogP contribution in [0.1, 0.15) is 48.3 Å². The van der Waals surface area contributed by atoms with E-state index in [4.69, 9.17) is 34.8 Å². The Bertz CT molecular complexity index is 1070. The maximum absolute atomic E-state index is 13.1. The summed E-state index contributed by atoms with van der Waals surface area (Å²) in [5.41, 5.74) is 1.70. The van der Waals surface area contributed by atoms with E-state index >= 15 is 0 Å². The highest BCUT2D eigenvalue weighted by atomic mass is 35.5. The molecule has 0 bridgehead atoms. The molecule has 5 nitrogen and oxygen atoms in total. The Hall–Kier alpha value is -2.08. The lowest BCUT2D eigenvalue weighted by Gasteiger charge is -2.22. The number of benzene rings is 1. The minimum atomic E-state index is -0.182. The van der Waals surface area contributed by atoms with Gasteiger partial charge < -0.3 is 5.32 Å². The number of nitrogens with one attached hydrogen (secondary N) is 1. The van der Waals surface area contributed by atoms with Crippen molar-refractivity contribution in [3.05, 3.63) is 63.0 Å². The molecule has 0 spiro atoms. The van der Waals surface area contributed by atoms with Crippen LogP contribution >= 0.6 is 34.8 Å². The van der Waals surface area contributed by atoms with Crippen molar-refractivity contribution in [3.63, 3.8) is 0 Å². The molecule has 0 radical (unpaired) electrons. The average molecular weight is 464 g/mol. The van der Waals surface area contributed by atoms with Gasteiger partial charge >= 0.3 is 0 Å². The van der Waals surface area contributed by atoms with E-state index in [0.717, 1.165) is 25.7 Å². The monoisotopic (exact) mass is 462 g/mol. The number of carbonyl (C=O) groups excluding carboxylic acids is 1. The standard InChI is InChI=1S/C22H21Cl3N4O/c1-13-20(22(30)27-16-5-3-2-4-6-16)28-21(17-9-7-14(23)11-18(17)25)29(13)19-10-8-15(24)12-26-19/h7-12,16H,2-6H2,1H3,(H,27,30). The molecule has 0 unspecified atom stereocenters. The molecule has 1 aliphatic rings. The summed E-state index contributed by atoms with van der Waals surface area (Å²) in [6.07, 6.45) is 7.06. The van der Waals surface area contributed by atoms with E-state index in [-0.39, 0.29) is 11.9 Å². The van der Waals surface area contributed by atoms with Crippen LogP contribution in [-0.4, -0.2) is 26.5 Å². The summed E-state index contributed by atoms with van der Waals surface area (Å²) >= 11 is 18.6. The van der Waals surface area contributed by atoms with Gasteiger partial charge in [0, 0.05) is 22.8 Å². The number of carbonyl (C=O) groups is 1. The van der Waals surface area contributed by atoms with Gasteiger partial charge in [-0.1, -0.05) is 54.1 Å². The molecule has 1 amide bonds. The molecule has 1 N–H and O–H groups in total. The number of aromatic nitrogens is 3. The second-order valence-corrected chi connectivity index (χ2v) is 8.75. The Morgan fingerprint density at radius 3 is 2.47 bits per heavy atom. The Balaban J connectivity index is 1.80. The molecule has 30 heavy (non-hydrogen) atoms. The predicted octanol–water partition coefficient (Wildman–Crippen LogP) is 6.27. The number of hydrogen-bond donors (Lipinski definition) is 1. The fourth-order valence-electron chi connectivity index (χ4n) is 3.85. The molecule has 3 aromatic rings. The number of nitrogens with zero attached hydrogens (tertiary/aromatic N) is 3. The normalized spacial score (nSPS) is 14.7. The molecule has 0 atom stereocenters. The number of amides is 1. The average Bonchev–Trinajstić information content (AvgIpc) is 3.06. The largest absolute Gasteiger partial charge is 0.348 e. The fourth-order valence-corrected chi connectivity index (χ4v) is 4.45. The number of pyridine rings is 1. The zero-order valence-electron chi connectivity index (χ0n) is 16.5. The quantitative estimate of drug-likeness (QED) is 0.496. The van der Waals surface area contributed by atoms with Crippen LogP contribution < -0.4 is 5.32 Å². The van der Waals surface area contributed by atoms with Gasteiger partial charge in [0.2, 0.25) is 0 Å². The van der Waals surface area contributed by atoms with Gasteiger partial charge in [-0.3, -0.25) is 9.36 Å². The summed E-state index contributed by atoms with van der Waals surface area (Å²) in [5, 5.41) is 4.64. The van der Waals surface area contributed by atoms with Crippen LogP contribution in [0, 0.1) is 6.92 Å². The van der Waals surface area contributed by atoms with Crippen LogP contribution in [0.3, 0.4) is 0 Å². The van der Waals surface area contributed by atoms with E-state index in [1.54, 1.807) is 36.5 Å². The number of hydrogen-bond acceptors (Lipinski definition) is 3. The van der Waals surface area contributed by atoms with Crippen LogP contribution in [0.2, 0.25) is 15.1 Å². The topological polar surface area (TPSA) is 59.8 Å².